The Labute approximate surface area is 151 Å². The van der Waals surface area contributed by atoms with Gasteiger partial charge < -0.3 is 15.7 Å². The van der Waals surface area contributed by atoms with Gasteiger partial charge in [0.1, 0.15) is 0 Å². The largest absolute Gasteiger partial charge is 0.478 e. The van der Waals surface area contributed by atoms with Gasteiger partial charge in [0.15, 0.2) is 0 Å². The Hall–Kier alpha value is -3.15. The quantitative estimate of drug-likeness (QED) is 0.771. The molecular weight excluding hydrogens is 332 g/mol. The zero-order valence-corrected chi connectivity index (χ0v) is 14.4. The smallest absolute Gasteiger partial charge is 0.335 e. The summed E-state index contributed by atoms with van der Waals surface area (Å²) < 4.78 is 0. The molecule has 1 heterocycles. The fourth-order valence-corrected chi connectivity index (χ4v) is 3.05. The molecule has 134 valence electrons. The van der Waals surface area contributed by atoms with Crippen LogP contribution in [0.25, 0.3) is 0 Å². The second-order valence-electron chi connectivity index (χ2n) is 6.44. The number of carbonyl (C=O) groups excluding carboxylic acids is 2. The van der Waals surface area contributed by atoms with Crippen LogP contribution in [0, 0.1) is 0 Å². The summed E-state index contributed by atoms with van der Waals surface area (Å²) in [6.45, 7) is 1.90. The molecule has 6 nitrogen and oxygen atoms in total. The van der Waals surface area contributed by atoms with Crippen molar-refractivity contribution in [3.63, 3.8) is 0 Å². The van der Waals surface area contributed by atoms with Crippen molar-refractivity contribution in [1.82, 2.24) is 5.32 Å². The third-order valence-electron chi connectivity index (χ3n) is 4.44. The highest BCUT2D eigenvalue weighted by atomic mass is 16.4. The molecule has 3 rings (SSSR count). The molecule has 2 aromatic rings. The molecule has 2 amide bonds. The lowest BCUT2D eigenvalue weighted by Crippen LogP contribution is -2.28. The van der Waals surface area contributed by atoms with Gasteiger partial charge in [-0.3, -0.25) is 9.59 Å². The predicted molar refractivity (Wildman–Crippen MR) is 97.1 cm³/mol. The third-order valence-corrected chi connectivity index (χ3v) is 4.44. The lowest BCUT2D eigenvalue weighted by atomic mass is 9.97. The molecule has 0 bridgehead atoms. The van der Waals surface area contributed by atoms with E-state index in [1.54, 1.807) is 12.1 Å². The van der Waals surface area contributed by atoms with Crippen LogP contribution in [0.3, 0.4) is 0 Å². The zero-order valence-electron chi connectivity index (χ0n) is 14.4. The van der Waals surface area contributed by atoms with Crippen molar-refractivity contribution < 1.29 is 19.5 Å². The summed E-state index contributed by atoms with van der Waals surface area (Å²) in [5.41, 5.74) is 3.68. The number of carbonyl (C=O) groups is 3. The third kappa shape index (κ3) is 4.08. The van der Waals surface area contributed by atoms with Crippen molar-refractivity contribution in [2.75, 3.05) is 5.32 Å². The Bertz CT molecular complexity index is 876. The van der Waals surface area contributed by atoms with Gasteiger partial charge in [0.2, 0.25) is 11.8 Å². The molecule has 26 heavy (non-hydrogen) atoms. The highest BCUT2D eigenvalue weighted by Crippen LogP contribution is 2.26. The van der Waals surface area contributed by atoms with Crippen molar-refractivity contribution in [3.8, 4) is 0 Å². The lowest BCUT2D eigenvalue weighted by Gasteiger charge is -2.20. The normalized spacial score (nSPS) is 14.1. The Morgan fingerprint density at radius 1 is 1.19 bits per heavy atom. The molecule has 2 aromatic carbocycles. The number of hydrogen-bond acceptors (Lipinski definition) is 3. The number of benzene rings is 2. The lowest BCUT2D eigenvalue weighted by molar-refractivity contribution is -0.121. The molecule has 1 atom stereocenters. The second kappa shape index (κ2) is 7.39. The van der Waals surface area contributed by atoms with E-state index in [-0.39, 0.29) is 29.8 Å². The molecule has 1 aliphatic heterocycles. The summed E-state index contributed by atoms with van der Waals surface area (Å²) in [4.78, 5) is 34.7. The monoisotopic (exact) mass is 352 g/mol. The van der Waals surface area contributed by atoms with Crippen molar-refractivity contribution >= 4 is 23.5 Å². The Balaban J connectivity index is 1.65. The van der Waals surface area contributed by atoms with Crippen LogP contribution >= 0.6 is 0 Å². The van der Waals surface area contributed by atoms with E-state index in [2.05, 4.69) is 10.6 Å². The Morgan fingerprint density at radius 2 is 2.00 bits per heavy atom. The summed E-state index contributed by atoms with van der Waals surface area (Å²) in [6, 6.07) is 11.9. The van der Waals surface area contributed by atoms with Crippen molar-refractivity contribution in [2.45, 2.75) is 32.2 Å². The number of carboxylic acid groups (broad SMARTS) is 1. The molecule has 0 saturated heterocycles. The average molecular weight is 352 g/mol. The number of hydrogen-bond donors (Lipinski definition) is 3. The number of carboxylic acids is 1. The van der Waals surface area contributed by atoms with Crippen LogP contribution in [0.1, 0.15) is 46.4 Å². The van der Waals surface area contributed by atoms with Crippen molar-refractivity contribution in [2.24, 2.45) is 0 Å². The fraction of sp³-hybridized carbons (Fsp3) is 0.250. The molecule has 1 unspecified atom stereocenters. The van der Waals surface area contributed by atoms with Crippen molar-refractivity contribution in [1.29, 1.82) is 0 Å². The molecule has 0 spiro atoms. The Kier molecular flexibility index (Phi) is 5.02. The number of aryl methyl sites for hydroxylation is 1. The van der Waals surface area contributed by atoms with Gasteiger partial charge in [0.05, 0.1) is 18.0 Å². The Morgan fingerprint density at radius 3 is 2.77 bits per heavy atom. The molecule has 0 fully saturated rings. The van der Waals surface area contributed by atoms with E-state index in [4.69, 9.17) is 5.11 Å². The summed E-state index contributed by atoms with van der Waals surface area (Å²) >= 11 is 0. The minimum Gasteiger partial charge on any atom is -0.478 e. The first-order valence-electron chi connectivity index (χ1n) is 8.46. The van der Waals surface area contributed by atoms with Crippen LogP contribution in [0.4, 0.5) is 5.69 Å². The average Bonchev–Trinajstić information content (AvgIpc) is 2.61. The van der Waals surface area contributed by atoms with E-state index in [9.17, 15) is 14.4 Å². The molecule has 0 radical (unpaired) electrons. The zero-order chi connectivity index (χ0) is 18.7. The van der Waals surface area contributed by atoms with Gasteiger partial charge in [-0.25, -0.2) is 4.79 Å². The maximum Gasteiger partial charge on any atom is 0.335 e. The summed E-state index contributed by atoms with van der Waals surface area (Å²) in [6.07, 6.45) is 1.28. The van der Waals surface area contributed by atoms with E-state index >= 15 is 0 Å². The van der Waals surface area contributed by atoms with Gasteiger partial charge in [-0.05, 0) is 48.2 Å². The van der Waals surface area contributed by atoms with Gasteiger partial charge in [-0.1, -0.05) is 24.3 Å². The van der Waals surface area contributed by atoms with Crippen LogP contribution in [-0.2, 0) is 22.4 Å². The maximum atomic E-state index is 12.3. The van der Waals surface area contributed by atoms with Crippen LogP contribution in [0.15, 0.2) is 42.5 Å². The van der Waals surface area contributed by atoms with Gasteiger partial charge in [0, 0.05) is 12.1 Å². The van der Waals surface area contributed by atoms with Gasteiger partial charge in [0.25, 0.3) is 0 Å². The fourth-order valence-electron chi connectivity index (χ4n) is 3.05. The molecule has 1 aliphatic rings. The first-order chi connectivity index (χ1) is 12.4. The molecule has 3 N–H and O–H groups in total. The number of fused-ring (bicyclic) bond motifs is 1. The van der Waals surface area contributed by atoms with Crippen LogP contribution in [-0.4, -0.2) is 22.9 Å². The van der Waals surface area contributed by atoms with E-state index in [1.807, 2.05) is 25.1 Å². The highest BCUT2D eigenvalue weighted by Gasteiger charge is 2.17. The second-order valence-corrected chi connectivity index (χ2v) is 6.44. The summed E-state index contributed by atoms with van der Waals surface area (Å²) in [5.74, 6) is -1.16. The maximum absolute atomic E-state index is 12.3. The highest BCUT2D eigenvalue weighted by molar-refractivity contribution is 5.94. The van der Waals surface area contributed by atoms with E-state index in [0.29, 0.717) is 18.4 Å². The van der Waals surface area contributed by atoms with E-state index < -0.39 is 5.97 Å². The van der Waals surface area contributed by atoms with Crippen LogP contribution in [0.2, 0.25) is 0 Å². The number of rotatable bonds is 5. The first-order valence-corrected chi connectivity index (χ1v) is 8.46. The number of nitrogens with one attached hydrogen (secondary N) is 2. The van der Waals surface area contributed by atoms with Gasteiger partial charge in [-0.2, -0.15) is 0 Å². The van der Waals surface area contributed by atoms with Crippen LogP contribution < -0.4 is 10.6 Å². The topological polar surface area (TPSA) is 95.5 Å². The summed E-state index contributed by atoms with van der Waals surface area (Å²) in [5, 5.41) is 14.8. The predicted octanol–water partition coefficient (Wildman–Crippen LogP) is 2.69. The molecule has 0 aliphatic carbocycles. The summed E-state index contributed by atoms with van der Waals surface area (Å²) in [7, 11) is 0. The minimum atomic E-state index is -1.01. The van der Waals surface area contributed by atoms with Gasteiger partial charge >= 0.3 is 5.97 Å². The molecule has 0 aromatic heterocycles. The molecular formula is C20H20N2O4. The number of anilines is 1. The van der Waals surface area contributed by atoms with Crippen LogP contribution in [0.5, 0.6) is 0 Å². The van der Waals surface area contributed by atoms with Gasteiger partial charge in [-0.15, -0.1) is 0 Å². The van der Waals surface area contributed by atoms with Crippen molar-refractivity contribution in [3.05, 3.63) is 64.7 Å². The number of aromatic carboxylic acids is 1. The molecule has 6 heteroatoms. The molecule has 0 saturated carbocycles. The SMILES string of the molecule is CC(NC(=O)Cc1cccc(C(=O)O)c1)c1ccc2c(c1)CCC(=O)N2. The number of amides is 2. The minimum absolute atomic E-state index is 0.0233. The van der Waals surface area contributed by atoms with E-state index in [1.165, 1.54) is 12.1 Å². The van der Waals surface area contributed by atoms with E-state index in [0.717, 1.165) is 16.8 Å². The first kappa shape index (κ1) is 17.7. The standard InChI is InChI=1S/C20H20N2O4/c1-12(14-5-7-17-15(11-14)6-8-18(23)22-17)21-19(24)10-13-3-2-4-16(9-13)20(25)26/h2-5,7,9,11-12H,6,8,10H2,1H3,(H,21,24)(H,22,23)(H,25,26).